The molecule has 0 saturated carbocycles. The summed E-state index contributed by atoms with van der Waals surface area (Å²) in [6, 6.07) is 9.54. The number of carbonyl (C=O) groups excluding carboxylic acids is 1. The molecular weight excluding hydrogens is 254 g/mol. The van der Waals surface area contributed by atoms with Crippen LogP contribution >= 0.6 is 0 Å². The third-order valence-electron chi connectivity index (χ3n) is 2.86. The van der Waals surface area contributed by atoms with Gasteiger partial charge in [-0.1, -0.05) is 25.1 Å². The summed E-state index contributed by atoms with van der Waals surface area (Å²) >= 11 is 0. The molecule has 5 heteroatoms. The largest absolute Gasteiger partial charge is 0.492 e. The van der Waals surface area contributed by atoms with Crippen molar-refractivity contribution in [2.24, 2.45) is 0 Å². The van der Waals surface area contributed by atoms with Crippen molar-refractivity contribution >= 4 is 6.03 Å². The monoisotopic (exact) mass is 273 g/mol. The van der Waals surface area contributed by atoms with E-state index in [0.29, 0.717) is 19.7 Å². The average Bonchev–Trinajstić information content (AvgIpc) is 3.01. The van der Waals surface area contributed by atoms with E-state index < -0.39 is 0 Å². The van der Waals surface area contributed by atoms with Gasteiger partial charge in [0.05, 0.1) is 6.54 Å². The summed E-state index contributed by atoms with van der Waals surface area (Å²) in [5, 5.41) is 0. The molecule has 0 aliphatic heterocycles. The SMILES string of the molecule is CCCN(CCOc1ccccc1)C(=O)n1ccnc1. The van der Waals surface area contributed by atoms with Crippen LogP contribution in [0, 0.1) is 0 Å². The van der Waals surface area contributed by atoms with Crippen molar-refractivity contribution < 1.29 is 9.53 Å². The quantitative estimate of drug-likeness (QED) is 0.813. The highest BCUT2D eigenvalue weighted by Crippen LogP contribution is 2.08. The smallest absolute Gasteiger partial charge is 0.329 e. The molecule has 1 amide bonds. The first-order valence-corrected chi connectivity index (χ1v) is 6.76. The summed E-state index contributed by atoms with van der Waals surface area (Å²) in [6.45, 7) is 3.78. The van der Waals surface area contributed by atoms with Gasteiger partial charge in [-0.2, -0.15) is 0 Å². The van der Waals surface area contributed by atoms with Crippen LogP contribution in [0.4, 0.5) is 4.79 Å². The van der Waals surface area contributed by atoms with Crippen molar-refractivity contribution in [3.63, 3.8) is 0 Å². The Bertz CT molecular complexity index is 511. The van der Waals surface area contributed by atoms with E-state index in [2.05, 4.69) is 4.98 Å². The molecule has 1 aromatic carbocycles. The maximum Gasteiger partial charge on any atom is 0.329 e. The molecule has 0 bridgehead atoms. The van der Waals surface area contributed by atoms with Gasteiger partial charge < -0.3 is 9.64 Å². The Balaban J connectivity index is 1.88. The molecule has 0 fully saturated rings. The van der Waals surface area contributed by atoms with Crippen molar-refractivity contribution in [3.05, 3.63) is 49.1 Å². The number of nitrogens with zero attached hydrogens (tertiary/aromatic N) is 3. The molecule has 0 aliphatic carbocycles. The van der Waals surface area contributed by atoms with Crippen LogP contribution in [0.1, 0.15) is 13.3 Å². The van der Waals surface area contributed by atoms with Gasteiger partial charge in [0.25, 0.3) is 0 Å². The van der Waals surface area contributed by atoms with Crippen molar-refractivity contribution in [2.45, 2.75) is 13.3 Å². The number of amides is 1. The lowest BCUT2D eigenvalue weighted by Gasteiger charge is -2.22. The maximum absolute atomic E-state index is 12.2. The molecule has 0 saturated heterocycles. The summed E-state index contributed by atoms with van der Waals surface area (Å²) in [4.78, 5) is 17.9. The van der Waals surface area contributed by atoms with Crippen molar-refractivity contribution in [3.8, 4) is 5.75 Å². The fourth-order valence-electron chi connectivity index (χ4n) is 1.90. The van der Waals surface area contributed by atoms with Gasteiger partial charge in [0.1, 0.15) is 18.7 Å². The second-order valence-electron chi connectivity index (χ2n) is 4.40. The van der Waals surface area contributed by atoms with E-state index in [1.807, 2.05) is 37.3 Å². The molecule has 1 aromatic heterocycles. The Morgan fingerprint density at radius 1 is 1.30 bits per heavy atom. The van der Waals surface area contributed by atoms with Crippen molar-refractivity contribution in [1.82, 2.24) is 14.5 Å². The third-order valence-corrected chi connectivity index (χ3v) is 2.86. The first-order valence-electron chi connectivity index (χ1n) is 6.76. The van der Waals surface area contributed by atoms with Gasteiger partial charge in [-0.25, -0.2) is 9.78 Å². The molecule has 5 nitrogen and oxygen atoms in total. The maximum atomic E-state index is 12.2. The fourth-order valence-corrected chi connectivity index (χ4v) is 1.90. The van der Waals surface area contributed by atoms with Crippen LogP contribution in [0.2, 0.25) is 0 Å². The lowest BCUT2D eigenvalue weighted by Crippen LogP contribution is -2.37. The van der Waals surface area contributed by atoms with Crippen LogP contribution in [-0.4, -0.2) is 40.2 Å². The van der Waals surface area contributed by atoms with E-state index in [0.717, 1.165) is 12.2 Å². The molecule has 0 aliphatic rings. The lowest BCUT2D eigenvalue weighted by molar-refractivity contribution is 0.184. The number of imidazole rings is 1. The summed E-state index contributed by atoms with van der Waals surface area (Å²) in [5.74, 6) is 0.819. The zero-order chi connectivity index (χ0) is 14.2. The van der Waals surface area contributed by atoms with E-state index in [9.17, 15) is 4.79 Å². The van der Waals surface area contributed by atoms with E-state index in [-0.39, 0.29) is 6.03 Å². The Kier molecular flexibility index (Phi) is 5.17. The van der Waals surface area contributed by atoms with Crippen LogP contribution in [0.3, 0.4) is 0 Å². The first-order chi connectivity index (χ1) is 9.81. The molecule has 0 spiro atoms. The van der Waals surface area contributed by atoms with Gasteiger partial charge in [-0.3, -0.25) is 4.57 Å². The number of carbonyl (C=O) groups is 1. The number of ether oxygens (including phenoxy) is 1. The number of hydrogen-bond acceptors (Lipinski definition) is 3. The minimum atomic E-state index is -0.0685. The molecule has 20 heavy (non-hydrogen) atoms. The summed E-state index contributed by atoms with van der Waals surface area (Å²) in [5.41, 5.74) is 0. The van der Waals surface area contributed by atoms with Crippen LogP contribution in [0.15, 0.2) is 49.1 Å². The normalized spacial score (nSPS) is 10.2. The summed E-state index contributed by atoms with van der Waals surface area (Å²) in [7, 11) is 0. The highest BCUT2D eigenvalue weighted by atomic mass is 16.5. The molecule has 1 heterocycles. The second-order valence-corrected chi connectivity index (χ2v) is 4.40. The number of para-hydroxylation sites is 1. The Morgan fingerprint density at radius 3 is 2.75 bits per heavy atom. The van der Waals surface area contributed by atoms with Crippen molar-refractivity contribution in [1.29, 1.82) is 0 Å². The fraction of sp³-hybridized carbons (Fsp3) is 0.333. The molecule has 0 N–H and O–H groups in total. The molecule has 0 atom stereocenters. The van der Waals surface area contributed by atoms with Gasteiger partial charge in [0.15, 0.2) is 0 Å². The van der Waals surface area contributed by atoms with Gasteiger partial charge in [0, 0.05) is 18.9 Å². The van der Waals surface area contributed by atoms with Gasteiger partial charge >= 0.3 is 6.03 Å². The predicted octanol–water partition coefficient (Wildman–Crippen LogP) is 2.64. The minimum Gasteiger partial charge on any atom is -0.492 e. The standard InChI is InChI=1S/C15H19N3O2/c1-2-9-17(15(19)18-10-8-16-13-18)11-12-20-14-6-4-3-5-7-14/h3-8,10,13H,2,9,11-12H2,1H3. The van der Waals surface area contributed by atoms with E-state index in [4.69, 9.17) is 4.74 Å². The van der Waals surface area contributed by atoms with Gasteiger partial charge in [-0.15, -0.1) is 0 Å². The lowest BCUT2D eigenvalue weighted by atomic mass is 10.3. The van der Waals surface area contributed by atoms with Crippen LogP contribution in [0.5, 0.6) is 5.75 Å². The number of aromatic nitrogens is 2. The first kappa shape index (κ1) is 14.1. The number of hydrogen-bond donors (Lipinski definition) is 0. The molecular formula is C15H19N3O2. The van der Waals surface area contributed by atoms with Crippen LogP contribution < -0.4 is 4.74 Å². The molecule has 0 unspecified atom stereocenters. The highest BCUT2D eigenvalue weighted by molar-refractivity contribution is 5.76. The Morgan fingerprint density at radius 2 is 2.10 bits per heavy atom. The van der Waals surface area contributed by atoms with E-state index in [1.54, 1.807) is 17.3 Å². The topological polar surface area (TPSA) is 47.4 Å². The zero-order valence-electron chi connectivity index (χ0n) is 11.6. The Labute approximate surface area is 118 Å². The average molecular weight is 273 g/mol. The van der Waals surface area contributed by atoms with Gasteiger partial charge in [0.2, 0.25) is 0 Å². The van der Waals surface area contributed by atoms with Crippen LogP contribution in [-0.2, 0) is 0 Å². The molecule has 106 valence electrons. The second kappa shape index (κ2) is 7.33. The molecule has 2 aromatic rings. The van der Waals surface area contributed by atoms with Crippen LogP contribution in [0.25, 0.3) is 0 Å². The van der Waals surface area contributed by atoms with E-state index in [1.165, 1.54) is 10.9 Å². The predicted molar refractivity (Wildman–Crippen MR) is 76.8 cm³/mol. The van der Waals surface area contributed by atoms with Gasteiger partial charge in [-0.05, 0) is 18.6 Å². The third kappa shape index (κ3) is 3.85. The van der Waals surface area contributed by atoms with Crippen molar-refractivity contribution in [2.75, 3.05) is 19.7 Å². The molecule has 2 rings (SSSR count). The number of benzene rings is 1. The highest BCUT2D eigenvalue weighted by Gasteiger charge is 2.14. The zero-order valence-corrected chi connectivity index (χ0v) is 11.6. The Hall–Kier alpha value is -2.30. The van der Waals surface area contributed by atoms with E-state index >= 15 is 0 Å². The summed E-state index contributed by atoms with van der Waals surface area (Å²) < 4.78 is 7.12. The molecule has 0 radical (unpaired) electrons. The minimum absolute atomic E-state index is 0.0685. The summed E-state index contributed by atoms with van der Waals surface area (Å²) in [6.07, 6.45) is 5.68. The number of rotatable bonds is 6.